The molecule has 106 valence electrons. The zero-order chi connectivity index (χ0) is 14.1. The molecule has 3 rings (SSSR count). The quantitative estimate of drug-likeness (QED) is 0.899. The van der Waals surface area contributed by atoms with Crippen LogP contribution in [-0.2, 0) is 7.05 Å². The van der Waals surface area contributed by atoms with Gasteiger partial charge in [0.1, 0.15) is 5.82 Å². The van der Waals surface area contributed by atoms with Crippen LogP contribution in [0.2, 0.25) is 0 Å². The highest BCUT2D eigenvalue weighted by atomic mass is 16.2. The number of amides is 2. The molecule has 0 unspecified atom stereocenters. The zero-order valence-corrected chi connectivity index (χ0v) is 11.9. The van der Waals surface area contributed by atoms with Gasteiger partial charge in [-0.15, -0.1) is 0 Å². The van der Waals surface area contributed by atoms with Gasteiger partial charge in [-0.25, -0.2) is 9.78 Å². The molecular weight excluding hydrogens is 252 g/mol. The van der Waals surface area contributed by atoms with Crippen LogP contribution in [0.15, 0.2) is 18.2 Å². The molecule has 20 heavy (non-hydrogen) atoms. The largest absolute Gasteiger partial charge is 0.338 e. The maximum atomic E-state index is 11.6. The minimum Gasteiger partial charge on any atom is -0.338 e. The number of hydrogen-bond donors (Lipinski definition) is 2. The molecule has 1 heterocycles. The molecule has 1 aromatic heterocycles. The van der Waals surface area contributed by atoms with E-state index in [9.17, 15) is 4.79 Å². The Kier molecular flexibility index (Phi) is 3.34. The number of hydrogen-bond acceptors (Lipinski definition) is 2. The number of aromatic nitrogens is 2. The second-order valence-electron chi connectivity index (χ2n) is 5.39. The molecule has 0 atom stereocenters. The van der Waals surface area contributed by atoms with Crippen molar-refractivity contribution in [2.45, 2.75) is 32.1 Å². The van der Waals surface area contributed by atoms with Crippen LogP contribution >= 0.6 is 0 Å². The molecule has 2 amide bonds. The summed E-state index contributed by atoms with van der Waals surface area (Å²) in [5.41, 5.74) is 2.85. The van der Waals surface area contributed by atoms with Gasteiger partial charge >= 0.3 is 6.03 Å². The van der Waals surface area contributed by atoms with Gasteiger partial charge < -0.3 is 15.2 Å². The summed E-state index contributed by atoms with van der Waals surface area (Å²) in [6, 6.07) is 5.72. The van der Waals surface area contributed by atoms with Crippen LogP contribution in [0.4, 0.5) is 10.5 Å². The van der Waals surface area contributed by atoms with Crippen molar-refractivity contribution in [3.63, 3.8) is 0 Å². The minimum atomic E-state index is -0.162. The lowest BCUT2D eigenvalue weighted by Gasteiger charge is -2.06. The minimum absolute atomic E-state index is 0.162. The third kappa shape index (κ3) is 2.48. The Hall–Kier alpha value is -2.04. The molecule has 5 heteroatoms. The Bertz CT molecular complexity index is 643. The van der Waals surface area contributed by atoms with Crippen molar-refractivity contribution in [3.05, 3.63) is 24.0 Å². The molecule has 0 spiro atoms. The van der Waals surface area contributed by atoms with Crippen molar-refractivity contribution in [2.24, 2.45) is 7.05 Å². The van der Waals surface area contributed by atoms with Gasteiger partial charge in [-0.05, 0) is 37.5 Å². The number of rotatable bonds is 4. The van der Waals surface area contributed by atoms with Gasteiger partial charge in [-0.1, -0.05) is 6.92 Å². The normalized spacial score (nSPS) is 14.5. The van der Waals surface area contributed by atoms with Crippen LogP contribution < -0.4 is 10.6 Å². The number of nitrogens with one attached hydrogen (secondary N) is 2. The van der Waals surface area contributed by atoms with Crippen LogP contribution in [0.25, 0.3) is 11.0 Å². The van der Waals surface area contributed by atoms with Crippen molar-refractivity contribution in [2.75, 3.05) is 11.9 Å². The van der Waals surface area contributed by atoms with E-state index in [1.165, 1.54) is 12.8 Å². The summed E-state index contributed by atoms with van der Waals surface area (Å²) in [5.74, 6) is 1.78. The van der Waals surface area contributed by atoms with E-state index in [1.54, 1.807) is 0 Å². The van der Waals surface area contributed by atoms with Gasteiger partial charge in [0.2, 0.25) is 0 Å². The summed E-state index contributed by atoms with van der Waals surface area (Å²) in [5, 5.41) is 5.64. The molecule has 2 aromatic rings. The number of aryl methyl sites for hydroxylation is 1. The fraction of sp³-hybridized carbons (Fsp3) is 0.467. The van der Waals surface area contributed by atoms with E-state index in [1.807, 2.05) is 25.1 Å². The summed E-state index contributed by atoms with van der Waals surface area (Å²) < 4.78 is 2.16. The fourth-order valence-electron chi connectivity index (χ4n) is 2.42. The first-order chi connectivity index (χ1) is 9.69. The van der Waals surface area contributed by atoms with E-state index in [4.69, 9.17) is 4.98 Å². The van der Waals surface area contributed by atoms with Crippen molar-refractivity contribution >= 4 is 22.8 Å². The molecule has 0 bridgehead atoms. The van der Waals surface area contributed by atoms with Crippen molar-refractivity contribution in [1.82, 2.24) is 14.9 Å². The lowest BCUT2D eigenvalue weighted by molar-refractivity contribution is 0.252. The van der Waals surface area contributed by atoms with Gasteiger partial charge in [0, 0.05) is 25.2 Å². The summed E-state index contributed by atoms with van der Waals surface area (Å²) in [6.45, 7) is 2.71. The predicted octanol–water partition coefficient (Wildman–Crippen LogP) is 2.98. The topological polar surface area (TPSA) is 59.0 Å². The summed E-state index contributed by atoms with van der Waals surface area (Å²) >= 11 is 0. The molecule has 1 aliphatic carbocycles. The van der Waals surface area contributed by atoms with E-state index in [2.05, 4.69) is 22.2 Å². The maximum Gasteiger partial charge on any atom is 0.319 e. The summed E-state index contributed by atoms with van der Waals surface area (Å²) in [6.07, 6.45) is 3.40. The van der Waals surface area contributed by atoms with E-state index >= 15 is 0 Å². The third-order valence-electron chi connectivity index (χ3n) is 3.65. The highest BCUT2D eigenvalue weighted by molar-refractivity contribution is 5.92. The highest BCUT2D eigenvalue weighted by Gasteiger charge is 2.28. The van der Waals surface area contributed by atoms with Crippen LogP contribution in [0.5, 0.6) is 0 Å². The van der Waals surface area contributed by atoms with E-state index in [0.29, 0.717) is 12.5 Å². The number of anilines is 1. The maximum absolute atomic E-state index is 11.6. The predicted molar refractivity (Wildman–Crippen MR) is 80.0 cm³/mol. The van der Waals surface area contributed by atoms with Gasteiger partial charge in [-0.3, -0.25) is 0 Å². The number of nitrogens with zero attached hydrogens (tertiary/aromatic N) is 2. The van der Waals surface area contributed by atoms with Crippen molar-refractivity contribution in [3.8, 4) is 0 Å². The molecule has 1 fully saturated rings. The summed E-state index contributed by atoms with van der Waals surface area (Å²) in [4.78, 5) is 16.3. The number of fused-ring (bicyclic) bond motifs is 1. The smallest absolute Gasteiger partial charge is 0.319 e. The summed E-state index contributed by atoms with van der Waals surface area (Å²) in [7, 11) is 2.06. The highest BCUT2D eigenvalue weighted by Crippen LogP contribution is 2.40. The SMILES string of the molecule is CCCNC(=O)Nc1ccc2c(c1)nc(C1CC1)n2C. The second-order valence-corrected chi connectivity index (χ2v) is 5.39. The Morgan fingerprint density at radius 3 is 2.95 bits per heavy atom. The monoisotopic (exact) mass is 272 g/mol. The van der Waals surface area contributed by atoms with E-state index in [-0.39, 0.29) is 6.03 Å². The lowest BCUT2D eigenvalue weighted by atomic mass is 10.3. The third-order valence-corrected chi connectivity index (χ3v) is 3.65. The molecule has 0 aliphatic heterocycles. The molecule has 0 radical (unpaired) electrons. The number of carbonyl (C=O) groups is 1. The fourth-order valence-corrected chi connectivity index (χ4v) is 2.42. The molecule has 5 nitrogen and oxygen atoms in total. The molecule has 0 saturated heterocycles. The first kappa shape index (κ1) is 13.0. The number of benzene rings is 1. The first-order valence-electron chi connectivity index (χ1n) is 7.20. The average molecular weight is 272 g/mol. The van der Waals surface area contributed by atoms with Gasteiger partial charge in [0.15, 0.2) is 0 Å². The standard InChI is InChI=1S/C15H20N4O/c1-3-8-16-15(20)17-11-6-7-13-12(9-11)18-14(19(13)2)10-4-5-10/h6-7,9-10H,3-5,8H2,1-2H3,(H2,16,17,20). The number of imidazole rings is 1. The van der Waals surface area contributed by atoms with Gasteiger partial charge in [0.05, 0.1) is 11.0 Å². The van der Waals surface area contributed by atoms with Crippen molar-refractivity contribution in [1.29, 1.82) is 0 Å². The second kappa shape index (κ2) is 5.15. The molecule has 2 N–H and O–H groups in total. The zero-order valence-electron chi connectivity index (χ0n) is 11.9. The molecule has 1 saturated carbocycles. The van der Waals surface area contributed by atoms with Crippen LogP contribution in [0.1, 0.15) is 37.9 Å². The van der Waals surface area contributed by atoms with Crippen molar-refractivity contribution < 1.29 is 4.79 Å². The van der Waals surface area contributed by atoms with E-state index in [0.717, 1.165) is 29.0 Å². The Morgan fingerprint density at radius 1 is 1.45 bits per heavy atom. The Balaban J connectivity index is 1.81. The van der Waals surface area contributed by atoms with Crippen LogP contribution in [-0.4, -0.2) is 22.1 Å². The van der Waals surface area contributed by atoms with Crippen LogP contribution in [0.3, 0.4) is 0 Å². The Morgan fingerprint density at radius 2 is 2.25 bits per heavy atom. The number of urea groups is 1. The Labute approximate surface area is 118 Å². The molecule has 1 aliphatic rings. The molecule has 1 aromatic carbocycles. The first-order valence-corrected chi connectivity index (χ1v) is 7.20. The van der Waals surface area contributed by atoms with E-state index < -0.39 is 0 Å². The average Bonchev–Trinajstić information content (AvgIpc) is 3.22. The van der Waals surface area contributed by atoms with Gasteiger partial charge in [-0.2, -0.15) is 0 Å². The number of carbonyl (C=O) groups excluding carboxylic acids is 1. The van der Waals surface area contributed by atoms with Gasteiger partial charge in [0.25, 0.3) is 0 Å². The molecular formula is C15H20N4O. The lowest BCUT2D eigenvalue weighted by Crippen LogP contribution is -2.29. The van der Waals surface area contributed by atoms with Crippen LogP contribution in [0, 0.1) is 0 Å².